The third kappa shape index (κ3) is 5.38. The van der Waals surface area contributed by atoms with Crippen LogP contribution in [0.2, 0.25) is 0 Å². The van der Waals surface area contributed by atoms with E-state index in [0.717, 1.165) is 34.9 Å². The van der Waals surface area contributed by atoms with E-state index in [1.165, 1.54) is 0 Å². The Morgan fingerprint density at radius 3 is 1.94 bits per heavy atom. The molecule has 0 atom stereocenters. The molecule has 1 aromatic heterocycles. The highest BCUT2D eigenvalue weighted by Gasteiger charge is 2.10. The zero-order chi connectivity index (χ0) is 25.5. The van der Waals surface area contributed by atoms with Crippen molar-refractivity contribution in [3.63, 3.8) is 0 Å². The smallest absolute Gasteiger partial charge is 0.202 e. The first-order valence-corrected chi connectivity index (χ1v) is 11.7. The minimum absolute atomic E-state index is 0.430. The largest absolute Gasteiger partial charge is 0.493 e. The van der Waals surface area contributed by atoms with Crippen LogP contribution >= 0.6 is 0 Å². The minimum Gasteiger partial charge on any atom is -0.493 e. The molecule has 1 heterocycles. The molecule has 188 valence electrons. The molecule has 8 nitrogen and oxygen atoms in total. The van der Waals surface area contributed by atoms with Crippen molar-refractivity contribution in [1.82, 2.24) is 9.55 Å². The predicted octanol–water partition coefficient (Wildman–Crippen LogP) is 4.04. The number of hydrogen-bond donors (Lipinski definition) is 1. The van der Waals surface area contributed by atoms with E-state index in [9.17, 15) is 0 Å². The van der Waals surface area contributed by atoms with Crippen LogP contribution in [0.5, 0.6) is 23.0 Å². The average Bonchev–Trinajstić information content (AvgIpc) is 2.92. The molecule has 3 aromatic carbocycles. The summed E-state index contributed by atoms with van der Waals surface area (Å²) in [5.41, 5.74) is 10.3. The van der Waals surface area contributed by atoms with Gasteiger partial charge >= 0.3 is 0 Å². The standard InChI is InChI=1S/C28H32N4O4/c1-33-23-11-9-19(17-25(23)35-3)13-15-30-27-21-7-5-6-8-22(21)32(28(29)31-27)16-14-20-10-12-24(34-2)26(18-20)36-4/h5-12,17-18H,13-16H2,1-4H3,(H2,29,30,31). The highest BCUT2D eigenvalue weighted by Crippen LogP contribution is 2.29. The van der Waals surface area contributed by atoms with Crippen molar-refractivity contribution in [1.29, 1.82) is 0 Å². The molecular formula is C28H32N4O4. The first-order valence-electron chi connectivity index (χ1n) is 11.7. The van der Waals surface area contributed by atoms with E-state index >= 15 is 0 Å². The van der Waals surface area contributed by atoms with Crippen LogP contribution in [0.1, 0.15) is 11.1 Å². The van der Waals surface area contributed by atoms with Crippen LogP contribution in [-0.4, -0.2) is 44.5 Å². The normalized spacial score (nSPS) is 11.5. The number of benzene rings is 3. The molecule has 4 rings (SSSR count). The fraction of sp³-hybridized carbons (Fsp3) is 0.286. The van der Waals surface area contributed by atoms with Gasteiger partial charge in [0.1, 0.15) is 0 Å². The van der Waals surface area contributed by atoms with Crippen molar-refractivity contribution in [3.05, 3.63) is 77.3 Å². The van der Waals surface area contributed by atoms with Gasteiger partial charge in [-0.3, -0.25) is 4.99 Å². The quantitative estimate of drug-likeness (QED) is 0.362. The second-order valence-corrected chi connectivity index (χ2v) is 8.22. The van der Waals surface area contributed by atoms with Gasteiger partial charge in [-0.1, -0.05) is 24.3 Å². The van der Waals surface area contributed by atoms with Gasteiger partial charge in [0.15, 0.2) is 28.5 Å². The molecule has 2 N–H and O–H groups in total. The number of nitrogens with two attached hydrogens (primary N) is 1. The Balaban J connectivity index is 1.57. The highest BCUT2D eigenvalue weighted by atomic mass is 16.5. The summed E-state index contributed by atoms with van der Waals surface area (Å²) < 4.78 is 23.5. The van der Waals surface area contributed by atoms with Crippen LogP contribution < -0.4 is 30.2 Å². The van der Waals surface area contributed by atoms with Gasteiger partial charge in [0.05, 0.1) is 34.0 Å². The van der Waals surface area contributed by atoms with Crippen LogP contribution in [0.25, 0.3) is 10.9 Å². The first-order chi connectivity index (χ1) is 17.6. The number of fused-ring (bicyclic) bond motifs is 1. The average molecular weight is 489 g/mol. The SMILES string of the molecule is COc1ccc(CCN=c2nc(N)n(CCc3ccc(OC)c(OC)c3)c3ccccc23)cc1OC. The van der Waals surface area contributed by atoms with Crippen molar-refractivity contribution < 1.29 is 18.9 Å². The number of rotatable bonds is 10. The Bertz CT molecular complexity index is 1410. The molecule has 0 saturated heterocycles. The van der Waals surface area contributed by atoms with Crippen LogP contribution in [0.15, 0.2) is 65.7 Å². The maximum absolute atomic E-state index is 6.42. The number of methoxy groups -OCH3 is 4. The summed E-state index contributed by atoms with van der Waals surface area (Å²) in [4.78, 5) is 9.43. The number of para-hydroxylation sites is 1. The Morgan fingerprint density at radius 1 is 0.750 bits per heavy atom. The van der Waals surface area contributed by atoms with Gasteiger partial charge in [0, 0.05) is 18.5 Å². The molecule has 0 radical (unpaired) electrons. The molecule has 0 saturated carbocycles. The number of hydrogen-bond acceptors (Lipinski definition) is 7. The number of aryl methyl sites for hydroxylation is 2. The summed E-state index contributed by atoms with van der Waals surface area (Å²) in [6.07, 6.45) is 1.50. The summed E-state index contributed by atoms with van der Waals surface area (Å²) in [6, 6.07) is 19.9. The van der Waals surface area contributed by atoms with E-state index in [1.807, 2.05) is 59.2 Å². The molecule has 0 unspecified atom stereocenters. The molecule has 0 aliphatic rings. The number of aromatic nitrogens is 2. The van der Waals surface area contributed by atoms with Crippen LogP contribution in [-0.2, 0) is 19.4 Å². The van der Waals surface area contributed by atoms with Crippen molar-refractivity contribution >= 4 is 16.9 Å². The van der Waals surface area contributed by atoms with Crippen molar-refractivity contribution in [3.8, 4) is 23.0 Å². The Morgan fingerprint density at radius 2 is 1.33 bits per heavy atom. The molecule has 8 heteroatoms. The zero-order valence-corrected chi connectivity index (χ0v) is 21.2. The number of nitrogens with zero attached hydrogens (tertiary/aromatic N) is 3. The van der Waals surface area contributed by atoms with Crippen molar-refractivity contribution in [2.45, 2.75) is 19.4 Å². The zero-order valence-electron chi connectivity index (χ0n) is 21.2. The molecule has 0 bridgehead atoms. The summed E-state index contributed by atoms with van der Waals surface area (Å²) >= 11 is 0. The minimum atomic E-state index is 0.430. The summed E-state index contributed by atoms with van der Waals surface area (Å²) in [7, 11) is 6.53. The Kier molecular flexibility index (Phi) is 7.95. The monoisotopic (exact) mass is 488 g/mol. The summed E-state index contributed by atoms with van der Waals surface area (Å²) in [5, 5.41) is 0.964. The van der Waals surface area contributed by atoms with Crippen molar-refractivity contribution in [2.24, 2.45) is 4.99 Å². The maximum Gasteiger partial charge on any atom is 0.202 e. The van der Waals surface area contributed by atoms with Gasteiger partial charge in [-0.25, -0.2) is 0 Å². The van der Waals surface area contributed by atoms with Gasteiger partial charge in [-0.05, 0) is 60.4 Å². The lowest BCUT2D eigenvalue weighted by atomic mass is 10.1. The van der Waals surface area contributed by atoms with E-state index in [2.05, 4.69) is 11.1 Å². The molecular weight excluding hydrogens is 456 g/mol. The molecule has 36 heavy (non-hydrogen) atoms. The first kappa shape index (κ1) is 24.9. The number of nitrogen functional groups attached to an aromatic ring is 1. The lowest BCUT2D eigenvalue weighted by Crippen LogP contribution is -2.20. The molecule has 4 aromatic rings. The van der Waals surface area contributed by atoms with Crippen LogP contribution in [0.3, 0.4) is 0 Å². The van der Waals surface area contributed by atoms with E-state index < -0.39 is 0 Å². The lowest BCUT2D eigenvalue weighted by molar-refractivity contribution is 0.354. The second kappa shape index (κ2) is 11.5. The van der Waals surface area contributed by atoms with Gasteiger partial charge < -0.3 is 29.2 Å². The Labute approximate surface area is 210 Å². The molecule has 0 spiro atoms. The van der Waals surface area contributed by atoms with Crippen LogP contribution in [0, 0.1) is 0 Å². The van der Waals surface area contributed by atoms with Crippen molar-refractivity contribution in [2.75, 3.05) is 40.7 Å². The fourth-order valence-corrected chi connectivity index (χ4v) is 4.21. The van der Waals surface area contributed by atoms with Gasteiger partial charge in [0.25, 0.3) is 0 Å². The number of ether oxygens (including phenoxy) is 4. The van der Waals surface area contributed by atoms with Crippen LogP contribution in [0.4, 0.5) is 5.95 Å². The maximum atomic E-state index is 6.42. The molecule has 0 fully saturated rings. The predicted molar refractivity (Wildman–Crippen MR) is 141 cm³/mol. The van der Waals surface area contributed by atoms with E-state index in [4.69, 9.17) is 29.7 Å². The summed E-state index contributed by atoms with van der Waals surface area (Å²) in [5.74, 6) is 3.26. The van der Waals surface area contributed by atoms with Gasteiger partial charge in [0.2, 0.25) is 5.95 Å². The molecule has 0 aliphatic carbocycles. The lowest BCUT2D eigenvalue weighted by Gasteiger charge is -2.15. The highest BCUT2D eigenvalue weighted by molar-refractivity contribution is 5.79. The third-order valence-corrected chi connectivity index (χ3v) is 6.11. The molecule has 0 amide bonds. The number of anilines is 1. The Hall–Kier alpha value is -4.20. The summed E-state index contributed by atoms with van der Waals surface area (Å²) in [6.45, 7) is 1.24. The third-order valence-electron chi connectivity index (χ3n) is 6.11. The fourth-order valence-electron chi connectivity index (χ4n) is 4.21. The van der Waals surface area contributed by atoms with Gasteiger partial charge in [-0.2, -0.15) is 4.98 Å². The topological polar surface area (TPSA) is 93.1 Å². The van der Waals surface area contributed by atoms with E-state index in [-0.39, 0.29) is 0 Å². The van der Waals surface area contributed by atoms with E-state index in [0.29, 0.717) is 47.5 Å². The van der Waals surface area contributed by atoms with E-state index in [1.54, 1.807) is 28.4 Å². The second-order valence-electron chi connectivity index (χ2n) is 8.22. The molecule has 0 aliphatic heterocycles. The van der Waals surface area contributed by atoms with Gasteiger partial charge in [-0.15, -0.1) is 0 Å².